The van der Waals surface area contributed by atoms with Crippen molar-refractivity contribution in [2.45, 2.75) is 64.9 Å². The van der Waals surface area contributed by atoms with Crippen LogP contribution in [-0.4, -0.2) is 19.1 Å². The zero-order valence-electron chi connectivity index (χ0n) is 10.6. The summed E-state index contributed by atoms with van der Waals surface area (Å²) in [6, 6.07) is 0. The zero-order chi connectivity index (χ0) is 11.7. The van der Waals surface area contributed by atoms with Gasteiger partial charge in [0.15, 0.2) is 0 Å². The second kappa shape index (κ2) is 11.0. The van der Waals surface area contributed by atoms with E-state index >= 15 is 0 Å². The molecule has 0 saturated carbocycles. The molecule has 4 nitrogen and oxygen atoms in total. The smallest absolute Gasteiger partial charge is 0.726 e. The number of unbranched alkanes of at least 4 members (excludes halogenated alkanes) is 3. The first-order valence-corrected chi connectivity index (χ1v) is 6.97. The van der Waals surface area contributed by atoms with E-state index in [0.29, 0.717) is 12.8 Å². The SMILES string of the molecule is CCCCCCC(CCC)OS(=O)(=O)[O-].[Na+]. The van der Waals surface area contributed by atoms with Crippen LogP contribution >= 0.6 is 0 Å². The van der Waals surface area contributed by atoms with Gasteiger partial charge >= 0.3 is 29.6 Å². The second-order valence-electron chi connectivity index (χ2n) is 3.76. The molecule has 0 saturated heterocycles. The average Bonchev–Trinajstić information content (AvgIpc) is 2.10. The molecule has 0 aliphatic carbocycles. The number of rotatable bonds is 9. The maximum Gasteiger partial charge on any atom is 1.00 e. The maximum atomic E-state index is 10.4. The summed E-state index contributed by atoms with van der Waals surface area (Å²) in [7, 11) is -4.54. The van der Waals surface area contributed by atoms with E-state index in [2.05, 4.69) is 11.1 Å². The molecule has 0 aromatic heterocycles. The Hall–Kier alpha value is 0.870. The molecule has 0 heterocycles. The van der Waals surface area contributed by atoms with Crippen molar-refractivity contribution in [2.75, 3.05) is 0 Å². The molecule has 1 atom stereocenters. The van der Waals surface area contributed by atoms with E-state index < -0.39 is 16.5 Å². The van der Waals surface area contributed by atoms with Gasteiger partial charge in [0.05, 0.1) is 6.10 Å². The first-order chi connectivity index (χ1) is 6.99. The van der Waals surface area contributed by atoms with Crippen LogP contribution in [0.4, 0.5) is 0 Å². The van der Waals surface area contributed by atoms with E-state index in [1.54, 1.807) is 0 Å². The van der Waals surface area contributed by atoms with Gasteiger partial charge < -0.3 is 4.55 Å². The Morgan fingerprint density at radius 2 is 1.69 bits per heavy atom. The Kier molecular flexibility index (Phi) is 13.2. The molecule has 6 heteroatoms. The molecule has 0 aliphatic rings. The molecule has 0 fully saturated rings. The fourth-order valence-electron chi connectivity index (χ4n) is 1.53. The summed E-state index contributed by atoms with van der Waals surface area (Å²) in [5.41, 5.74) is 0. The van der Waals surface area contributed by atoms with Gasteiger partial charge in [0.2, 0.25) is 10.4 Å². The van der Waals surface area contributed by atoms with Gasteiger partial charge in [-0.3, -0.25) is 4.18 Å². The van der Waals surface area contributed by atoms with Crippen molar-refractivity contribution in [3.63, 3.8) is 0 Å². The average molecular weight is 260 g/mol. The fourth-order valence-corrected chi connectivity index (χ4v) is 2.05. The summed E-state index contributed by atoms with van der Waals surface area (Å²) in [4.78, 5) is 0. The normalized spacial score (nSPS) is 13.2. The van der Waals surface area contributed by atoms with Crippen LogP contribution in [0.25, 0.3) is 0 Å². The van der Waals surface area contributed by atoms with Crippen molar-refractivity contribution in [1.82, 2.24) is 0 Å². The van der Waals surface area contributed by atoms with Gasteiger partial charge in [-0.15, -0.1) is 0 Å². The molecule has 0 bridgehead atoms. The molecular weight excluding hydrogens is 239 g/mol. The third-order valence-electron chi connectivity index (χ3n) is 2.24. The van der Waals surface area contributed by atoms with E-state index in [1.165, 1.54) is 0 Å². The van der Waals surface area contributed by atoms with Crippen LogP contribution in [0.15, 0.2) is 0 Å². The quantitative estimate of drug-likeness (QED) is 0.245. The van der Waals surface area contributed by atoms with Gasteiger partial charge in [-0.25, -0.2) is 8.42 Å². The monoisotopic (exact) mass is 260 g/mol. The first kappa shape index (κ1) is 19.2. The van der Waals surface area contributed by atoms with Crippen molar-refractivity contribution in [3.05, 3.63) is 0 Å². The van der Waals surface area contributed by atoms with Crippen molar-refractivity contribution < 1.29 is 46.7 Å². The van der Waals surface area contributed by atoms with Crippen molar-refractivity contribution in [2.24, 2.45) is 0 Å². The van der Waals surface area contributed by atoms with Crippen LogP contribution in [0, 0.1) is 0 Å². The predicted octanol–water partition coefficient (Wildman–Crippen LogP) is -0.394. The molecular formula is C10H21NaO4S. The molecule has 0 aliphatic heterocycles. The largest absolute Gasteiger partial charge is 1.00 e. The minimum Gasteiger partial charge on any atom is -0.726 e. The van der Waals surface area contributed by atoms with E-state index in [0.717, 1.165) is 32.1 Å². The molecule has 0 radical (unpaired) electrons. The third-order valence-corrected chi connectivity index (χ3v) is 2.75. The first-order valence-electron chi connectivity index (χ1n) is 5.63. The molecule has 92 valence electrons. The minimum absolute atomic E-state index is 0. The Balaban J connectivity index is 0. The number of hydrogen-bond acceptors (Lipinski definition) is 4. The Bertz CT molecular complexity index is 241. The van der Waals surface area contributed by atoms with Gasteiger partial charge in [-0.1, -0.05) is 46.0 Å². The second-order valence-corrected chi connectivity index (χ2v) is 4.77. The fraction of sp³-hybridized carbons (Fsp3) is 1.00. The number of hydrogen-bond donors (Lipinski definition) is 0. The Morgan fingerprint density at radius 1 is 1.06 bits per heavy atom. The van der Waals surface area contributed by atoms with Gasteiger partial charge in [-0.2, -0.15) is 0 Å². The Morgan fingerprint density at radius 3 is 2.12 bits per heavy atom. The van der Waals surface area contributed by atoms with Crippen LogP contribution in [0.2, 0.25) is 0 Å². The molecule has 0 amide bonds. The molecule has 16 heavy (non-hydrogen) atoms. The molecule has 0 N–H and O–H groups in total. The molecule has 0 aromatic carbocycles. The van der Waals surface area contributed by atoms with Crippen LogP contribution in [0.3, 0.4) is 0 Å². The minimum atomic E-state index is -4.54. The van der Waals surface area contributed by atoms with E-state index in [4.69, 9.17) is 0 Å². The van der Waals surface area contributed by atoms with Gasteiger partial charge in [-0.05, 0) is 12.8 Å². The third kappa shape index (κ3) is 12.9. The molecule has 0 aromatic rings. The zero-order valence-corrected chi connectivity index (χ0v) is 13.4. The molecule has 1 unspecified atom stereocenters. The van der Waals surface area contributed by atoms with Crippen molar-refractivity contribution in [3.8, 4) is 0 Å². The molecule has 0 spiro atoms. The topological polar surface area (TPSA) is 66.4 Å². The van der Waals surface area contributed by atoms with Gasteiger partial charge in [0.1, 0.15) is 0 Å². The van der Waals surface area contributed by atoms with Crippen molar-refractivity contribution >= 4 is 10.4 Å². The summed E-state index contributed by atoms with van der Waals surface area (Å²) in [6.45, 7) is 4.06. The standard InChI is InChI=1S/C10H22O4S.Na/c1-3-5-6-7-9-10(8-4-2)14-15(11,12)13;/h10H,3-9H2,1-2H3,(H,11,12,13);/q;+1/p-1. The van der Waals surface area contributed by atoms with E-state index in [1.807, 2.05) is 6.92 Å². The molecule has 0 rings (SSSR count). The van der Waals surface area contributed by atoms with Crippen LogP contribution in [-0.2, 0) is 14.6 Å². The van der Waals surface area contributed by atoms with E-state index in [-0.39, 0.29) is 29.6 Å². The summed E-state index contributed by atoms with van der Waals surface area (Å²) in [6.07, 6.45) is 5.97. The summed E-state index contributed by atoms with van der Waals surface area (Å²) in [5.74, 6) is 0. The van der Waals surface area contributed by atoms with Crippen LogP contribution in [0.1, 0.15) is 58.8 Å². The van der Waals surface area contributed by atoms with Crippen LogP contribution < -0.4 is 29.6 Å². The summed E-state index contributed by atoms with van der Waals surface area (Å²) in [5, 5.41) is 0. The van der Waals surface area contributed by atoms with Crippen molar-refractivity contribution in [1.29, 1.82) is 0 Å². The van der Waals surface area contributed by atoms with Crippen LogP contribution in [0.5, 0.6) is 0 Å². The predicted molar refractivity (Wildman–Crippen MR) is 58.2 cm³/mol. The van der Waals surface area contributed by atoms with Gasteiger partial charge in [0, 0.05) is 0 Å². The maximum absolute atomic E-state index is 10.4. The summed E-state index contributed by atoms with van der Waals surface area (Å²) < 4.78 is 35.8. The van der Waals surface area contributed by atoms with Gasteiger partial charge in [0.25, 0.3) is 0 Å². The summed E-state index contributed by atoms with van der Waals surface area (Å²) >= 11 is 0. The Labute approximate surface area is 121 Å². The van der Waals surface area contributed by atoms with E-state index in [9.17, 15) is 13.0 Å².